The van der Waals surface area contributed by atoms with Gasteiger partial charge in [-0.3, -0.25) is 9.59 Å². The maximum atomic E-state index is 13.1. The molecule has 0 radical (unpaired) electrons. The molecule has 29 heavy (non-hydrogen) atoms. The molecule has 0 bridgehead atoms. The molecule has 3 heterocycles. The van der Waals surface area contributed by atoms with Crippen LogP contribution >= 0.6 is 0 Å². The zero-order chi connectivity index (χ0) is 19.8. The molecule has 2 amide bonds. The monoisotopic (exact) mass is 390 g/mol. The van der Waals surface area contributed by atoms with Gasteiger partial charge in [0.2, 0.25) is 5.91 Å². The first-order valence-electron chi connectivity index (χ1n) is 10.5. The average Bonchev–Trinajstić information content (AvgIpc) is 2.79. The van der Waals surface area contributed by atoms with Crippen molar-refractivity contribution in [2.24, 2.45) is 0 Å². The van der Waals surface area contributed by atoms with Gasteiger partial charge in [0, 0.05) is 44.0 Å². The van der Waals surface area contributed by atoms with Crippen molar-refractivity contribution < 1.29 is 9.59 Å². The molecule has 2 aromatic rings. The lowest BCUT2D eigenvalue weighted by Crippen LogP contribution is -2.50. The van der Waals surface area contributed by atoms with Crippen LogP contribution in [0, 0.1) is 0 Å². The van der Waals surface area contributed by atoms with Crippen molar-refractivity contribution in [3.8, 4) is 0 Å². The van der Waals surface area contributed by atoms with Crippen molar-refractivity contribution >= 4 is 28.9 Å². The van der Waals surface area contributed by atoms with Gasteiger partial charge in [-0.15, -0.1) is 0 Å². The molecule has 150 valence electrons. The number of benzene rings is 2. The largest absolute Gasteiger partial charge is 0.368 e. The van der Waals surface area contributed by atoms with Crippen molar-refractivity contribution in [3.63, 3.8) is 0 Å². The van der Waals surface area contributed by atoms with Crippen LogP contribution in [0.4, 0.5) is 17.1 Å². The first-order chi connectivity index (χ1) is 14.2. The van der Waals surface area contributed by atoms with E-state index in [4.69, 9.17) is 0 Å². The molecule has 0 aliphatic carbocycles. The van der Waals surface area contributed by atoms with Gasteiger partial charge in [0.05, 0.1) is 11.4 Å². The zero-order valence-corrected chi connectivity index (χ0v) is 16.5. The van der Waals surface area contributed by atoms with Crippen molar-refractivity contribution in [2.75, 3.05) is 47.8 Å². The fourth-order valence-electron chi connectivity index (χ4n) is 4.72. The molecule has 0 unspecified atom stereocenters. The number of piperidine rings is 1. The Morgan fingerprint density at radius 3 is 2.52 bits per heavy atom. The summed E-state index contributed by atoms with van der Waals surface area (Å²) in [6.45, 7) is 3.95. The lowest BCUT2D eigenvalue weighted by molar-refractivity contribution is -0.118. The third-order valence-electron chi connectivity index (χ3n) is 6.30. The van der Waals surface area contributed by atoms with Gasteiger partial charge in [0.25, 0.3) is 5.91 Å². The van der Waals surface area contributed by atoms with Crippen LogP contribution in [-0.2, 0) is 4.79 Å². The number of nitrogens with one attached hydrogen (secondary N) is 1. The number of piperazine rings is 1. The highest BCUT2D eigenvalue weighted by atomic mass is 16.2. The Balaban J connectivity index is 1.30. The Morgan fingerprint density at radius 1 is 0.931 bits per heavy atom. The van der Waals surface area contributed by atoms with Crippen LogP contribution in [0.1, 0.15) is 29.6 Å². The zero-order valence-electron chi connectivity index (χ0n) is 16.5. The minimum Gasteiger partial charge on any atom is -0.368 e. The molecule has 2 fully saturated rings. The molecule has 2 aromatic carbocycles. The van der Waals surface area contributed by atoms with E-state index in [1.165, 1.54) is 5.69 Å². The van der Waals surface area contributed by atoms with Crippen LogP contribution in [0.5, 0.6) is 0 Å². The second kappa shape index (κ2) is 7.43. The van der Waals surface area contributed by atoms with E-state index in [2.05, 4.69) is 27.2 Å². The summed E-state index contributed by atoms with van der Waals surface area (Å²) in [6.07, 6.45) is 3.10. The number of nitrogens with zero attached hydrogens (tertiary/aromatic N) is 3. The molecule has 2 saturated heterocycles. The van der Waals surface area contributed by atoms with E-state index in [9.17, 15) is 9.59 Å². The second-order valence-electron chi connectivity index (χ2n) is 8.04. The summed E-state index contributed by atoms with van der Waals surface area (Å²) in [5.41, 5.74) is 3.65. The number of carbonyl (C=O) groups is 2. The first-order valence-corrected chi connectivity index (χ1v) is 10.5. The molecule has 0 spiro atoms. The standard InChI is InChI=1S/C23H26N4O2/c28-22-21-8-4-5-11-27(21)20-10-9-17(16-19(20)24-22)23(29)26-14-12-25(13-15-26)18-6-2-1-3-7-18/h1-3,6-7,9-10,16,21H,4-5,8,11-15H2,(H,24,28)/t21-/m0/s1. The second-order valence-corrected chi connectivity index (χ2v) is 8.04. The number of rotatable bonds is 2. The van der Waals surface area contributed by atoms with Gasteiger partial charge in [0.1, 0.15) is 6.04 Å². The summed E-state index contributed by atoms with van der Waals surface area (Å²) < 4.78 is 0. The Hall–Kier alpha value is -3.02. The number of anilines is 3. The molecular weight excluding hydrogens is 364 g/mol. The highest BCUT2D eigenvalue weighted by Gasteiger charge is 2.35. The number of hydrogen-bond acceptors (Lipinski definition) is 4. The number of para-hydroxylation sites is 1. The maximum absolute atomic E-state index is 13.1. The number of amides is 2. The lowest BCUT2D eigenvalue weighted by Gasteiger charge is -2.41. The van der Waals surface area contributed by atoms with E-state index >= 15 is 0 Å². The van der Waals surface area contributed by atoms with E-state index in [0.29, 0.717) is 18.7 Å². The van der Waals surface area contributed by atoms with Crippen molar-refractivity contribution in [2.45, 2.75) is 25.3 Å². The SMILES string of the molecule is O=C1Nc2cc(C(=O)N3CCN(c4ccccc4)CC3)ccc2N2CCCC[C@@H]12. The van der Waals surface area contributed by atoms with Crippen LogP contribution < -0.4 is 15.1 Å². The molecule has 3 aliphatic rings. The van der Waals surface area contributed by atoms with Crippen LogP contribution in [0.2, 0.25) is 0 Å². The van der Waals surface area contributed by atoms with E-state index < -0.39 is 0 Å². The van der Waals surface area contributed by atoms with Crippen LogP contribution in [0.25, 0.3) is 0 Å². The molecule has 1 N–H and O–H groups in total. The van der Waals surface area contributed by atoms with Gasteiger partial charge in [-0.2, -0.15) is 0 Å². The Bertz CT molecular complexity index is 922. The molecule has 6 heteroatoms. The van der Waals surface area contributed by atoms with Gasteiger partial charge in [0.15, 0.2) is 0 Å². The lowest BCUT2D eigenvalue weighted by atomic mass is 9.96. The van der Waals surface area contributed by atoms with Gasteiger partial charge in [-0.1, -0.05) is 18.2 Å². The smallest absolute Gasteiger partial charge is 0.254 e. The average molecular weight is 390 g/mol. The van der Waals surface area contributed by atoms with E-state index in [1.807, 2.05) is 41.3 Å². The summed E-state index contributed by atoms with van der Waals surface area (Å²) in [5.74, 6) is 0.0915. The van der Waals surface area contributed by atoms with E-state index in [1.54, 1.807) is 0 Å². The quantitative estimate of drug-likeness (QED) is 0.857. The molecule has 0 aromatic heterocycles. The summed E-state index contributed by atoms with van der Waals surface area (Å²) in [7, 11) is 0. The third-order valence-corrected chi connectivity index (χ3v) is 6.30. The van der Waals surface area contributed by atoms with Crippen molar-refractivity contribution in [1.82, 2.24) is 4.90 Å². The van der Waals surface area contributed by atoms with Gasteiger partial charge in [-0.25, -0.2) is 0 Å². The Morgan fingerprint density at radius 2 is 1.72 bits per heavy atom. The van der Waals surface area contributed by atoms with Crippen LogP contribution in [0.3, 0.4) is 0 Å². The summed E-state index contributed by atoms with van der Waals surface area (Å²) in [6, 6.07) is 16.0. The van der Waals surface area contributed by atoms with Gasteiger partial charge in [-0.05, 0) is 49.6 Å². The number of hydrogen-bond donors (Lipinski definition) is 1. The van der Waals surface area contributed by atoms with Gasteiger partial charge >= 0.3 is 0 Å². The fourth-order valence-corrected chi connectivity index (χ4v) is 4.72. The highest BCUT2D eigenvalue weighted by Crippen LogP contribution is 2.36. The van der Waals surface area contributed by atoms with Crippen molar-refractivity contribution in [1.29, 1.82) is 0 Å². The minimum absolute atomic E-state index is 0.0375. The Kier molecular flexibility index (Phi) is 4.62. The maximum Gasteiger partial charge on any atom is 0.254 e. The van der Waals surface area contributed by atoms with E-state index in [0.717, 1.165) is 50.3 Å². The van der Waals surface area contributed by atoms with Crippen LogP contribution in [0.15, 0.2) is 48.5 Å². The predicted octanol–water partition coefficient (Wildman–Crippen LogP) is 2.96. The predicted molar refractivity (Wildman–Crippen MR) is 115 cm³/mol. The minimum atomic E-state index is -0.0659. The Labute approximate surface area is 171 Å². The normalized spacial score (nSPS) is 21.3. The van der Waals surface area contributed by atoms with Crippen LogP contribution in [-0.4, -0.2) is 55.5 Å². The molecule has 1 atom stereocenters. The van der Waals surface area contributed by atoms with E-state index in [-0.39, 0.29) is 17.9 Å². The molecule has 6 nitrogen and oxygen atoms in total. The third kappa shape index (κ3) is 3.33. The molecule has 3 aliphatic heterocycles. The molecular formula is C23H26N4O2. The van der Waals surface area contributed by atoms with Crippen molar-refractivity contribution in [3.05, 3.63) is 54.1 Å². The fraction of sp³-hybridized carbons (Fsp3) is 0.391. The summed E-state index contributed by atoms with van der Waals surface area (Å²) in [5, 5.41) is 3.03. The first kappa shape index (κ1) is 18.0. The molecule has 5 rings (SSSR count). The molecule has 0 saturated carbocycles. The summed E-state index contributed by atoms with van der Waals surface area (Å²) >= 11 is 0. The number of fused-ring (bicyclic) bond motifs is 3. The number of carbonyl (C=O) groups excluding carboxylic acids is 2. The topological polar surface area (TPSA) is 55.9 Å². The highest BCUT2D eigenvalue weighted by molar-refractivity contribution is 6.05. The van der Waals surface area contributed by atoms with Gasteiger partial charge < -0.3 is 20.0 Å². The summed E-state index contributed by atoms with van der Waals surface area (Å²) in [4.78, 5) is 32.0.